The van der Waals surface area contributed by atoms with Crippen LogP contribution in [0.3, 0.4) is 0 Å². The minimum absolute atomic E-state index is 0.134. The molecule has 0 aliphatic heterocycles. The van der Waals surface area contributed by atoms with Gasteiger partial charge in [0.2, 0.25) is 0 Å². The topological polar surface area (TPSA) is 34.1 Å². The molecule has 0 bridgehead atoms. The fraction of sp³-hybridized carbons (Fsp3) is 0.571. The van der Waals surface area contributed by atoms with E-state index >= 15 is 0 Å². The lowest BCUT2D eigenvalue weighted by molar-refractivity contribution is 0.544. The van der Waals surface area contributed by atoms with Crippen LogP contribution < -0.4 is 0 Å². The number of alkyl halides is 1. The van der Waals surface area contributed by atoms with Crippen molar-refractivity contribution >= 4 is 33.0 Å². The fourth-order valence-electron chi connectivity index (χ4n) is 1.78. The van der Waals surface area contributed by atoms with Crippen LogP contribution in [0.5, 0.6) is 0 Å². The lowest BCUT2D eigenvalue weighted by atomic mass is 9.99. The van der Waals surface area contributed by atoms with Gasteiger partial charge in [-0.2, -0.15) is 0 Å². The molecule has 1 aromatic rings. The molecule has 0 aliphatic carbocycles. The highest BCUT2D eigenvalue weighted by Gasteiger charge is 2.19. The van der Waals surface area contributed by atoms with Gasteiger partial charge in [0.05, 0.1) is 11.0 Å². The second-order valence-corrected chi connectivity index (χ2v) is 8.41. The van der Waals surface area contributed by atoms with Crippen molar-refractivity contribution in [2.75, 3.05) is 11.6 Å². The largest absolute Gasteiger partial charge is 0.229 e. The third-order valence-electron chi connectivity index (χ3n) is 3.21. The maximum atomic E-state index is 11.8. The summed E-state index contributed by atoms with van der Waals surface area (Å²) in [6, 6.07) is 7.61. The summed E-state index contributed by atoms with van der Waals surface area (Å²) in [6.07, 6.45) is 1.30. The molecule has 2 nitrogen and oxygen atoms in total. The maximum absolute atomic E-state index is 11.8. The number of hydrogen-bond donors (Lipinski definition) is 0. The average Bonchev–Trinajstić information content (AvgIpc) is 2.36. The van der Waals surface area contributed by atoms with E-state index in [1.807, 2.05) is 24.3 Å². The van der Waals surface area contributed by atoms with E-state index < -0.39 is 9.84 Å². The summed E-state index contributed by atoms with van der Waals surface area (Å²) in [5, 5.41) is 0.383. The normalized spacial score (nSPS) is 13.7. The summed E-state index contributed by atoms with van der Waals surface area (Å²) >= 11 is 12.0. The number of rotatable bonds is 7. The Hall–Kier alpha value is -0.250. The van der Waals surface area contributed by atoms with Crippen LogP contribution in [0.1, 0.15) is 25.8 Å². The van der Waals surface area contributed by atoms with Crippen molar-refractivity contribution < 1.29 is 8.42 Å². The van der Waals surface area contributed by atoms with Gasteiger partial charge in [-0.25, -0.2) is 8.42 Å². The van der Waals surface area contributed by atoms with Gasteiger partial charge < -0.3 is 0 Å². The molecule has 1 atom stereocenters. The smallest absolute Gasteiger partial charge is 0.152 e. The minimum atomic E-state index is -3.00. The van der Waals surface area contributed by atoms with Crippen molar-refractivity contribution in [1.29, 1.82) is 0 Å². The first kappa shape index (κ1) is 16.8. The van der Waals surface area contributed by atoms with Crippen LogP contribution in [0.25, 0.3) is 0 Å². The van der Waals surface area contributed by atoms with E-state index in [2.05, 4.69) is 0 Å². The third-order valence-corrected chi connectivity index (χ3v) is 6.26. The maximum Gasteiger partial charge on any atom is 0.152 e. The molecule has 0 aliphatic rings. The minimum Gasteiger partial charge on any atom is -0.229 e. The van der Waals surface area contributed by atoms with E-state index in [4.69, 9.17) is 23.2 Å². The van der Waals surface area contributed by atoms with Crippen molar-refractivity contribution in [3.05, 3.63) is 34.9 Å². The predicted molar refractivity (Wildman–Crippen MR) is 82.9 cm³/mol. The van der Waals surface area contributed by atoms with E-state index in [9.17, 15) is 8.42 Å². The first-order chi connectivity index (χ1) is 8.86. The van der Waals surface area contributed by atoms with E-state index in [0.29, 0.717) is 17.3 Å². The molecule has 0 fully saturated rings. The highest BCUT2D eigenvalue weighted by molar-refractivity contribution is 7.91. The summed E-state index contributed by atoms with van der Waals surface area (Å²) < 4.78 is 23.6. The van der Waals surface area contributed by atoms with E-state index in [0.717, 1.165) is 12.0 Å². The van der Waals surface area contributed by atoms with Crippen LogP contribution in [-0.2, 0) is 16.3 Å². The van der Waals surface area contributed by atoms with Gasteiger partial charge in [-0.05, 0) is 44.2 Å². The molecule has 19 heavy (non-hydrogen) atoms. The SMILES string of the molecule is CC(C)S(=O)(=O)CCC(CCl)Cc1ccccc1Cl. The van der Waals surface area contributed by atoms with Crippen molar-refractivity contribution in [2.24, 2.45) is 5.92 Å². The highest BCUT2D eigenvalue weighted by atomic mass is 35.5. The lowest BCUT2D eigenvalue weighted by Gasteiger charge is -2.16. The number of benzene rings is 1. The molecule has 0 radical (unpaired) electrons. The van der Waals surface area contributed by atoms with Crippen LogP contribution in [0.15, 0.2) is 24.3 Å². The number of halogens is 2. The average molecular weight is 323 g/mol. The molecule has 0 amide bonds. The molecule has 1 aromatic carbocycles. The van der Waals surface area contributed by atoms with Gasteiger partial charge >= 0.3 is 0 Å². The molecule has 0 N–H and O–H groups in total. The van der Waals surface area contributed by atoms with E-state index in [1.54, 1.807) is 13.8 Å². The van der Waals surface area contributed by atoms with Gasteiger partial charge in [-0.1, -0.05) is 29.8 Å². The van der Waals surface area contributed by atoms with Crippen LogP contribution in [0, 0.1) is 5.92 Å². The van der Waals surface area contributed by atoms with Crippen molar-refractivity contribution in [3.8, 4) is 0 Å². The van der Waals surface area contributed by atoms with Gasteiger partial charge in [-0.3, -0.25) is 0 Å². The summed E-state index contributed by atoms with van der Waals surface area (Å²) in [6.45, 7) is 3.41. The Kier molecular flexibility index (Phi) is 6.64. The Morgan fingerprint density at radius 2 is 1.84 bits per heavy atom. The Morgan fingerprint density at radius 1 is 1.21 bits per heavy atom. The fourth-order valence-corrected chi connectivity index (χ4v) is 3.38. The Bertz CT molecular complexity index is 498. The second-order valence-electron chi connectivity index (χ2n) is 5.02. The van der Waals surface area contributed by atoms with Crippen LogP contribution >= 0.6 is 23.2 Å². The van der Waals surface area contributed by atoms with E-state index in [1.165, 1.54) is 0 Å². The van der Waals surface area contributed by atoms with Crippen LogP contribution in [-0.4, -0.2) is 25.3 Å². The third kappa shape index (κ3) is 5.33. The standard InChI is InChI=1S/C14H20Cl2O2S/c1-11(2)19(17,18)8-7-12(10-15)9-13-5-3-4-6-14(13)16/h3-6,11-12H,7-10H2,1-2H3. The monoisotopic (exact) mass is 322 g/mol. The van der Waals surface area contributed by atoms with Gasteiger partial charge in [0.15, 0.2) is 9.84 Å². The summed E-state index contributed by atoms with van der Waals surface area (Å²) in [5.41, 5.74) is 1.02. The Morgan fingerprint density at radius 3 is 2.37 bits per heavy atom. The first-order valence-corrected chi connectivity index (χ1v) is 9.00. The predicted octanol–water partition coefficient (Wildman–Crippen LogP) is 3.95. The summed E-state index contributed by atoms with van der Waals surface area (Å²) in [5.74, 6) is 0.765. The molecule has 5 heteroatoms. The molecule has 108 valence electrons. The van der Waals surface area contributed by atoms with Crippen molar-refractivity contribution in [3.63, 3.8) is 0 Å². The summed E-state index contributed by atoms with van der Waals surface area (Å²) in [4.78, 5) is 0. The quantitative estimate of drug-likeness (QED) is 0.712. The van der Waals surface area contributed by atoms with Gasteiger partial charge in [0, 0.05) is 10.9 Å². The van der Waals surface area contributed by atoms with Crippen molar-refractivity contribution in [2.45, 2.75) is 31.9 Å². The molecular formula is C14H20Cl2O2S. The van der Waals surface area contributed by atoms with Crippen LogP contribution in [0.2, 0.25) is 5.02 Å². The zero-order valence-electron chi connectivity index (χ0n) is 11.3. The van der Waals surface area contributed by atoms with Crippen LogP contribution in [0.4, 0.5) is 0 Å². The Balaban J connectivity index is 2.63. The molecule has 0 heterocycles. The lowest BCUT2D eigenvalue weighted by Crippen LogP contribution is -2.21. The number of sulfone groups is 1. The summed E-state index contributed by atoms with van der Waals surface area (Å²) in [7, 11) is -3.00. The second kappa shape index (κ2) is 7.51. The zero-order valence-corrected chi connectivity index (χ0v) is 13.6. The molecule has 0 saturated carbocycles. The molecular weight excluding hydrogens is 303 g/mol. The van der Waals surface area contributed by atoms with E-state index in [-0.39, 0.29) is 16.9 Å². The molecule has 0 saturated heterocycles. The Labute approximate surface area is 126 Å². The molecule has 0 spiro atoms. The van der Waals surface area contributed by atoms with Gasteiger partial charge in [0.25, 0.3) is 0 Å². The molecule has 0 aromatic heterocycles. The van der Waals surface area contributed by atoms with Gasteiger partial charge in [-0.15, -0.1) is 11.6 Å². The van der Waals surface area contributed by atoms with Crippen molar-refractivity contribution in [1.82, 2.24) is 0 Å². The molecule has 1 unspecified atom stereocenters. The van der Waals surface area contributed by atoms with Gasteiger partial charge in [0.1, 0.15) is 0 Å². The number of hydrogen-bond acceptors (Lipinski definition) is 2. The molecule has 1 rings (SSSR count). The zero-order chi connectivity index (χ0) is 14.5. The highest BCUT2D eigenvalue weighted by Crippen LogP contribution is 2.22. The first-order valence-electron chi connectivity index (χ1n) is 6.37.